The lowest BCUT2D eigenvalue weighted by molar-refractivity contribution is -0.384. The molecule has 0 spiro atoms. The smallest absolute Gasteiger partial charge is 0.272 e. The predicted molar refractivity (Wildman–Crippen MR) is 190 cm³/mol. The first-order valence-electron chi connectivity index (χ1n) is 15.0. The summed E-state index contributed by atoms with van der Waals surface area (Å²) >= 11 is 1.29. The number of benzene rings is 5. The Balaban J connectivity index is 1.38. The summed E-state index contributed by atoms with van der Waals surface area (Å²) in [6.07, 6.45) is 1.64. The molecular formula is C38H32N4O5S. The van der Waals surface area contributed by atoms with Crippen LogP contribution in [0.3, 0.4) is 0 Å². The first kappa shape index (κ1) is 33.4. The molecule has 5 aromatic rings. The molecule has 0 bridgehead atoms. The minimum absolute atomic E-state index is 0.0603. The number of non-ortho nitro benzene ring substituents is 1. The molecule has 0 radical (unpaired) electrons. The van der Waals surface area contributed by atoms with Gasteiger partial charge in [-0.3, -0.25) is 24.5 Å². The fourth-order valence-corrected chi connectivity index (χ4v) is 5.91. The molecule has 1 atom stereocenters. The third-order valence-corrected chi connectivity index (χ3v) is 8.63. The average Bonchev–Trinajstić information content (AvgIpc) is 3.09. The van der Waals surface area contributed by atoms with Crippen molar-refractivity contribution in [2.45, 2.75) is 24.0 Å². The molecule has 9 nitrogen and oxygen atoms in total. The van der Waals surface area contributed by atoms with Gasteiger partial charge in [0.2, 0.25) is 5.91 Å². The van der Waals surface area contributed by atoms with E-state index in [0.29, 0.717) is 27.4 Å². The van der Waals surface area contributed by atoms with E-state index in [-0.39, 0.29) is 17.3 Å². The number of rotatable bonds is 11. The minimum atomic E-state index is -0.687. The summed E-state index contributed by atoms with van der Waals surface area (Å²) in [5.41, 5.74) is 4.38. The number of nitrogens with zero attached hydrogens (tertiary/aromatic N) is 1. The Kier molecular flexibility index (Phi) is 10.8. The number of anilines is 2. The standard InChI is InChI=1S/C38H32N4O5S/c1-25-12-9-10-17-29(25)23-34(41-36(43)28-15-7-4-8-16-28)37(44)39-30-18-11-19-32(24-30)48-35(27-13-5-3-6-14-27)38(45)40-33-21-20-31(42(46)47)22-26(33)2/h3-24,35H,1-2H3,(H,39,44)(H,40,45)(H,41,43)/b34-23-. The Morgan fingerprint density at radius 3 is 2.12 bits per heavy atom. The van der Waals surface area contributed by atoms with Gasteiger partial charge in [-0.1, -0.05) is 78.9 Å². The van der Waals surface area contributed by atoms with E-state index in [1.165, 1.54) is 30.0 Å². The monoisotopic (exact) mass is 656 g/mol. The highest BCUT2D eigenvalue weighted by molar-refractivity contribution is 8.00. The molecule has 0 aromatic heterocycles. The van der Waals surface area contributed by atoms with Crippen molar-refractivity contribution in [3.05, 3.63) is 171 Å². The molecule has 10 heteroatoms. The Labute approximate surface area is 282 Å². The third-order valence-electron chi connectivity index (χ3n) is 7.38. The number of carbonyl (C=O) groups is 3. The van der Waals surface area contributed by atoms with Crippen LogP contribution in [0.15, 0.2) is 138 Å². The molecule has 5 aromatic carbocycles. The number of nitro groups is 1. The SMILES string of the molecule is Cc1ccccc1/C=C(\NC(=O)c1ccccc1)C(=O)Nc1cccc(SC(C(=O)Nc2ccc([N+](=O)[O-])cc2C)c2ccccc2)c1. The van der Waals surface area contributed by atoms with Gasteiger partial charge in [0.1, 0.15) is 10.9 Å². The van der Waals surface area contributed by atoms with Crippen molar-refractivity contribution in [1.29, 1.82) is 0 Å². The van der Waals surface area contributed by atoms with Crippen LogP contribution >= 0.6 is 11.8 Å². The van der Waals surface area contributed by atoms with Crippen LogP contribution in [0.2, 0.25) is 0 Å². The van der Waals surface area contributed by atoms with E-state index >= 15 is 0 Å². The van der Waals surface area contributed by atoms with Crippen molar-refractivity contribution >= 4 is 52.6 Å². The summed E-state index contributed by atoms with van der Waals surface area (Å²) in [5, 5.41) is 19.1. The lowest BCUT2D eigenvalue weighted by atomic mass is 10.1. The molecule has 48 heavy (non-hydrogen) atoms. The molecule has 0 fully saturated rings. The highest BCUT2D eigenvalue weighted by atomic mass is 32.2. The average molecular weight is 657 g/mol. The number of nitro benzene ring substituents is 1. The van der Waals surface area contributed by atoms with E-state index in [1.54, 1.807) is 61.5 Å². The van der Waals surface area contributed by atoms with E-state index < -0.39 is 22.0 Å². The number of aryl methyl sites for hydroxylation is 2. The highest BCUT2D eigenvalue weighted by Crippen LogP contribution is 2.37. The summed E-state index contributed by atoms with van der Waals surface area (Å²) in [4.78, 5) is 51.8. The quantitative estimate of drug-likeness (QED) is 0.0570. The molecule has 0 aliphatic rings. The largest absolute Gasteiger partial charge is 0.325 e. The van der Waals surface area contributed by atoms with E-state index in [2.05, 4.69) is 16.0 Å². The molecule has 0 aliphatic heterocycles. The first-order valence-corrected chi connectivity index (χ1v) is 15.9. The molecule has 240 valence electrons. The van der Waals surface area contributed by atoms with E-state index in [1.807, 2.05) is 67.6 Å². The summed E-state index contributed by atoms with van der Waals surface area (Å²) in [5.74, 6) is -1.25. The maximum absolute atomic E-state index is 13.7. The molecule has 0 aliphatic carbocycles. The first-order chi connectivity index (χ1) is 23.2. The Morgan fingerprint density at radius 2 is 1.44 bits per heavy atom. The molecular weight excluding hydrogens is 625 g/mol. The van der Waals surface area contributed by atoms with Crippen LogP contribution < -0.4 is 16.0 Å². The van der Waals surface area contributed by atoms with E-state index in [4.69, 9.17) is 0 Å². The minimum Gasteiger partial charge on any atom is -0.325 e. The van der Waals surface area contributed by atoms with Gasteiger partial charge in [0.25, 0.3) is 17.5 Å². The Bertz CT molecular complexity index is 2000. The maximum atomic E-state index is 13.7. The van der Waals surface area contributed by atoms with Crippen molar-refractivity contribution in [2.75, 3.05) is 10.6 Å². The summed E-state index contributed by atoms with van der Waals surface area (Å²) in [6, 6.07) is 36.8. The third kappa shape index (κ3) is 8.62. The Morgan fingerprint density at radius 1 is 0.750 bits per heavy atom. The van der Waals surface area contributed by atoms with Crippen LogP contribution in [-0.4, -0.2) is 22.6 Å². The van der Waals surface area contributed by atoms with Crippen molar-refractivity contribution < 1.29 is 19.3 Å². The van der Waals surface area contributed by atoms with E-state index in [0.717, 1.165) is 16.7 Å². The molecule has 1 unspecified atom stereocenters. The Hall–Kier alpha value is -6.00. The number of carbonyl (C=O) groups excluding carboxylic acids is 3. The second kappa shape index (κ2) is 15.5. The fourth-order valence-electron chi connectivity index (χ4n) is 4.83. The normalized spacial score (nSPS) is 11.7. The predicted octanol–water partition coefficient (Wildman–Crippen LogP) is 8.09. The van der Waals surface area contributed by atoms with Crippen molar-refractivity contribution in [3.63, 3.8) is 0 Å². The summed E-state index contributed by atoms with van der Waals surface area (Å²) in [6.45, 7) is 3.62. The van der Waals surface area contributed by atoms with Gasteiger partial charge in [0.15, 0.2) is 0 Å². The van der Waals surface area contributed by atoms with E-state index in [9.17, 15) is 24.5 Å². The fraction of sp³-hybridized carbons (Fsp3) is 0.0789. The number of hydrogen-bond donors (Lipinski definition) is 3. The lowest BCUT2D eigenvalue weighted by Gasteiger charge is -2.18. The summed E-state index contributed by atoms with van der Waals surface area (Å²) < 4.78 is 0. The highest BCUT2D eigenvalue weighted by Gasteiger charge is 2.24. The van der Waals surface area contributed by atoms with Gasteiger partial charge >= 0.3 is 0 Å². The maximum Gasteiger partial charge on any atom is 0.272 e. The van der Waals surface area contributed by atoms with Crippen molar-refractivity contribution in [3.8, 4) is 0 Å². The second-order valence-electron chi connectivity index (χ2n) is 10.9. The number of nitrogens with one attached hydrogen (secondary N) is 3. The number of thioether (sulfide) groups is 1. The zero-order valence-corrected chi connectivity index (χ0v) is 27.0. The number of hydrogen-bond acceptors (Lipinski definition) is 6. The van der Waals surface area contributed by atoms with Gasteiger partial charge in [-0.15, -0.1) is 11.8 Å². The zero-order chi connectivity index (χ0) is 34.0. The van der Waals surface area contributed by atoms with Crippen LogP contribution in [0, 0.1) is 24.0 Å². The second-order valence-corrected chi connectivity index (χ2v) is 12.0. The van der Waals surface area contributed by atoms with Gasteiger partial charge in [0.05, 0.1) is 4.92 Å². The zero-order valence-electron chi connectivity index (χ0n) is 26.2. The van der Waals surface area contributed by atoms with Gasteiger partial charge in [0, 0.05) is 34.0 Å². The van der Waals surface area contributed by atoms with Crippen LogP contribution in [0.5, 0.6) is 0 Å². The molecule has 3 N–H and O–H groups in total. The molecule has 0 saturated carbocycles. The van der Waals surface area contributed by atoms with Gasteiger partial charge in [-0.05, 0) is 78.6 Å². The number of amides is 3. The van der Waals surface area contributed by atoms with Gasteiger partial charge < -0.3 is 16.0 Å². The van der Waals surface area contributed by atoms with Gasteiger partial charge in [-0.25, -0.2) is 0 Å². The molecule has 0 heterocycles. The van der Waals surface area contributed by atoms with Gasteiger partial charge in [-0.2, -0.15) is 0 Å². The topological polar surface area (TPSA) is 130 Å². The van der Waals surface area contributed by atoms with Crippen LogP contribution in [0.1, 0.15) is 37.9 Å². The molecule has 5 rings (SSSR count). The lowest BCUT2D eigenvalue weighted by Crippen LogP contribution is -2.30. The van der Waals surface area contributed by atoms with Crippen LogP contribution in [-0.2, 0) is 9.59 Å². The molecule has 0 saturated heterocycles. The summed E-state index contributed by atoms with van der Waals surface area (Å²) in [7, 11) is 0. The molecule has 3 amide bonds. The van der Waals surface area contributed by atoms with Crippen LogP contribution in [0.4, 0.5) is 17.1 Å². The van der Waals surface area contributed by atoms with Crippen molar-refractivity contribution in [2.24, 2.45) is 0 Å². The van der Waals surface area contributed by atoms with Crippen molar-refractivity contribution in [1.82, 2.24) is 5.32 Å². The van der Waals surface area contributed by atoms with Crippen LogP contribution in [0.25, 0.3) is 6.08 Å².